The molecule has 2 aromatic heterocycles. The van der Waals surface area contributed by atoms with E-state index < -0.39 is 0 Å². The molecule has 0 bridgehead atoms. The van der Waals surface area contributed by atoms with Crippen LogP contribution >= 0.6 is 22.9 Å². The minimum Gasteiger partial charge on any atom is -0.288 e. The Hall–Kier alpha value is -1.40. The standard InChI is InChI=1S/C12H14ClN5S/c13-11-9(18-6-7-19-12(18)16-11)8-15-17-10-4-2-1-3-5-14-10/h6-8H,1-5H2,(H,14,17)/b15-8+. The Balaban J connectivity index is 1.73. The predicted octanol–water partition coefficient (Wildman–Crippen LogP) is 2.95. The van der Waals surface area contributed by atoms with E-state index in [1.807, 2.05) is 16.0 Å². The lowest BCUT2D eigenvalue weighted by molar-refractivity contribution is 0.729. The lowest BCUT2D eigenvalue weighted by Gasteiger charge is -2.01. The van der Waals surface area contributed by atoms with Crippen molar-refractivity contribution in [2.75, 3.05) is 6.54 Å². The van der Waals surface area contributed by atoms with Crippen LogP contribution in [0.15, 0.2) is 21.7 Å². The fourth-order valence-electron chi connectivity index (χ4n) is 2.03. The molecule has 100 valence electrons. The number of nitrogens with zero attached hydrogens (tertiary/aromatic N) is 4. The summed E-state index contributed by atoms with van der Waals surface area (Å²) in [7, 11) is 0. The van der Waals surface area contributed by atoms with Gasteiger partial charge in [0.2, 0.25) is 0 Å². The highest BCUT2D eigenvalue weighted by Crippen LogP contribution is 2.19. The maximum atomic E-state index is 6.08. The molecule has 3 heterocycles. The van der Waals surface area contributed by atoms with Crippen molar-refractivity contribution in [2.24, 2.45) is 10.1 Å². The lowest BCUT2D eigenvalue weighted by atomic mass is 10.2. The van der Waals surface area contributed by atoms with Gasteiger partial charge in [-0.2, -0.15) is 5.10 Å². The number of imidazole rings is 1. The van der Waals surface area contributed by atoms with Crippen molar-refractivity contribution in [1.82, 2.24) is 14.8 Å². The molecule has 0 aliphatic carbocycles. The second-order valence-corrected chi connectivity index (χ2v) is 5.58. The summed E-state index contributed by atoms with van der Waals surface area (Å²) in [4.78, 5) is 9.58. The molecule has 0 spiro atoms. The molecule has 19 heavy (non-hydrogen) atoms. The number of aliphatic imine (C=N–C) groups is 1. The summed E-state index contributed by atoms with van der Waals surface area (Å²) in [5, 5.41) is 6.67. The Bertz CT molecular complexity index is 627. The summed E-state index contributed by atoms with van der Waals surface area (Å²) < 4.78 is 1.92. The molecule has 7 heteroatoms. The summed E-state index contributed by atoms with van der Waals surface area (Å²) in [6, 6.07) is 0. The Morgan fingerprint density at radius 3 is 3.32 bits per heavy atom. The molecule has 0 amide bonds. The van der Waals surface area contributed by atoms with Gasteiger partial charge in [0.1, 0.15) is 11.5 Å². The summed E-state index contributed by atoms with van der Waals surface area (Å²) in [5.74, 6) is 0.955. The molecule has 0 radical (unpaired) electrons. The van der Waals surface area contributed by atoms with Crippen LogP contribution in [0.4, 0.5) is 0 Å². The zero-order valence-electron chi connectivity index (χ0n) is 10.3. The fraction of sp³-hybridized carbons (Fsp3) is 0.417. The minimum absolute atomic E-state index is 0.472. The number of halogens is 1. The second kappa shape index (κ2) is 5.71. The van der Waals surface area contributed by atoms with E-state index in [4.69, 9.17) is 11.6 Å². The number of amidine groups is 1. The zero-order valence-corrected chi connectivity index (χ0v) is 11.9. The number of hydrogen-bond acceptors (Lipinski definition) is 5. The van der Waals surface area contributed by atoms with E-state index in [-0.39, 0.29) is 0 Å². The van der Waals surface area contributed by atoms with Crippen molar-refractivity contribution in [3.05, 3.63) is 22.4 Å². The summed E-state index contributed by atoms with van der Waals surface area (Å²) in [6.07, 6.45) is 8.17. The maximum absolute atomic E-state index is 6.08. The molecular weight excluding hydrogens is 282 g/mol. The van der Waals surface area contributed by atoms with Crippen LogP contribution in [-0.4, -0.2) is 28.0 Å². The third-order valence-electron chi connectivity index (χ3n) is 3.01. The predicted molar refractivity (Wildman–Crippen MR) is 79.6 cm³/mol. The highest BCUT2D eigenvalue weighted by atomic mass is 35.5. The molecule has 0 fully saturated rings. The third-order valence-corrected chi connectivity index (χ3v) is 4.04. The average molecular weight is 296 g/mol. The Labute approximate surface area is 120 Å². The largest absolute Gasteiger partial charge is 0.288 e. The van der Waals surface area contributed by atoms with Gasteiger partial charge in [-0.3, -0.25) is 14.8 Å². The van der Waals surface area contributed by atoms with Crippen LogP contribution in [0.2, 0.25) is 5.15 Å². The molecule has 0 saturated heterocycles. The number of hydrazone groups is 1. The molecular formula is C12H14ClN5S. The van der Waals surface area contributed by atoms with E-state index in [0.717, 1.165) is 29.5 Å². The SMILES string of the molecule is Clc1nc2sccn2c1/C=N/NC1=NCCCCC1. The van der Waals surface area contributed by atoms with E-state index in [2.05, 4.69) is 20.5 Å². The fourth-order valence-corrected chi connectivity index (χ4v) is 3.02. The highest BCUT2D eigenvalue weighted by molar-refractivity contribution is 7.15. The maximum Gasteiger partial charge on any atom is 0.195 e. The van der Waals surface area contributed by atoms with Crippen molar-refractivity contribution in [2.45, 2.75) is 25.7 Å². The van der Waals surface area contributed by atoms with Gasteiger partial charge in [-0.15, -0.1) is 11.3 Å². The van der Waals surface area contributed by atoms with Gasteiger partial charge in [0, 0.05) is 24.5 Å². The molecule has 0 unspecified atom stereocenters. The number of aromatic nitrogens is 2. The van der Waals surface area contributed by atoms with Gasteiger partial charge >= 0.3 is 0 Å². The molecule has 3 rings (SSSR count). The minimum atomic E-state index is 0.472. The Morgan fingerprint density at radius 1 is 1.42 bits per heavy atom. The van der Waals surface area contributed by atoms with Gasteiger partial charge in [0.05, 0.1) is 6.21 Å². The van der Waals surface area contributed by atoms with Crippen LogP contribution in [0.1, 0.15) is 31.4 Å². The smallest absolute Gasteiger partial charge is 0.195 e. The van der Waals surface area contributed by atoms with Crippen LogP contribution in [0, 0.1) is 0 Å². The molecule has 5 nitrogen and oxygen atoms in total. The van der Waals surface area contributed by atoms with Crippen molar-refractivity contribution >= 4 is 39.9 Å². The van der Waals surface area contributed by atoms with Crippen LogP contribution in [0.25, 0.3) is 4.96 Å². The van der Waals surface area contributed by atoms with E-state index in [0.29, 0.717) is 5.15 Å². The first-order valence-corrected chi connectivity index (χ1v) is 7.54. The van der Waals surface area contributed by atoms with Crippen molar-refractivity contribution in [1.29, 1.82) is 0 Å². The number of rotatable bonds is 2. The van der Waals surface area contributed by atoms with Gasteiger partial charge in [0.15, 0.2) is 10.1 Å². The van der Waals surface area contributed by atoms with E-state index in [1.54, 1.807) is 17.6 Å². The Kier molecular flexibility index (Phi) is 3.79. The lowest BCUT2D eigenvalue weighted by Crippen LogP contribution is -2.17. The van der Waals surface area contributed by atoms with Crippen LogP contribution in [0.5, 0.6) is 0 Å². The Morgan fingerprint density at radius 2 is 2.37 bits per heavy atom. The van der Waals surface area contributed by atoms with Gasteiger partial charge in [-0.25, -0.2) is 4.98 Å². The molecule has 0 saturated carbocycles. The number of fused-ring (bicyclic) bond motifs is 1. The topological polar surface area (TPSA) is 54.0 Å². The highest BCUT2D eigenvalue weighted by Gasteiger charge is 2.09. The summed E-state index contributed by atoms with van der Waals surface area (Å²) >= 11 is 7.63. The number of hydrogen-bond donors (Lipinski definition) is 1. The molecule has 1 aliphatic heterocycles. The number of thiazole rings is 1. The third kappa shape index (κ3) is 2.79. The quantitative estimate of drug-likeness (QED) is 0.684. The second-order valence-electron chi connectivity index (χ2n) is 4.35. The number of nitrogens with one attached hydrogen (secondary N) is 1. The van der Waals surface area contributed by atoms with Crippen molar-refractivity contribution < 1.29 is 0 Å². The summed E-state index contributed by atoms with van der Waals surface area (Å²) in [6.45, 7) is 0.889. The zero-order chi connectivity index (χ0) is 13.1. The normalized spacial score (nSPS) is 16.8. The van der Waals surface area contributed by atoms with Crippen LogP contribution in [0.3, 0.4) is 0 Å². The first kappa shape index (κ1) is 12.6. The van der Waals surface area contributed by atoms with E-state index in [9.17, 15) is 0 Å². The van der Waals surface area contributed by atoms with Gasteiger partial charge in [-0.05, 0) is 12.8 Å². The van der Waals surface area contributed by atoms with Crippen LogP contribution in [-0.2, 0) is 0 Å². The van der Waals surface area contributed by atoms with Gasteiger partial charge in [0.25, 0.3) is 0 Å². The van der Waals surface area contributed by atoms with E-state index in [1.165, 1.54) is 19.3 Å². The molecule has 1 aliphatic rings. The molecule has 0 atom stereocenters. The van der Waals surface area contributed by atoms with Crippen LogP contribution < -0.4 is 5.43 Å². The molecule has 0 aromatic carbocycles. The van der Waals surface area contributed by atoms with Crippen molar-refractivity contribution in [3.63, 3.8) is 0 Å². The monoisotopic (exact) mass is 295 g/mol. The summed E-state index contributed by atoms with van der Waals surface area (Å²) in [5.41, 5.74) is 3.80. The average Bonchev–Trinajstić information content (AvgIpc) is 2.83. The van der Waals surface area contributed by atoms with Gasteiger partial charge < -0.3 is 0 Å². The first-order chi connectivity index (χ1) is 9.34. The molecule has 2 aromatic rings. The van der Waals surface area contributed by atoms with E-state index >= 15 is 0 Å². The molecule has 1 N–H and O–H groups in total. The van der Waals surface area contributed by atoms with Gasteiger partial charge in [-0.1, -0.05) is 18.0 Å². The first-order valence-electron chi connectivity index (χ1n) is 6.28. The van der Waals surface area contributed by atoms with Crippen molar-refractivity contribution in [3.8, 4) is 0 Å².